The molecule has 2 aliphatic rings. The third kappa shape index (κ3) is 3.36. The molecule has 0 spiro atoms. The van der Waals surface area contributed by atoms with Crippen LogP contribution >= 0.6 is 0 Å². The topological polar surface area (TPSA) is 90.9 Å². The van der Waals surface area contributed by atoms with Crippen LogP contribution in [0.5, 0.6) is 11.5 Å². The zero-order valence-electron chi connectivity index (χ0n) is 11.7. The number of hydrogen-bond donors (Lipinski definition) is 1. The Hall–Kier alpha value is -2.57. The molecule has 2 amide bonds. The van der Waals surface area contributed by atoms with Gasteiger partial charge in [0.05, 0.1) is 5.92 Å². The molecular formula is C15H15NO6. The molecule has 1 atom stereocenters. The summed E-state index contributed by atoms with van der Waals surface area (Å²) in [6, 6.07) is 6.95. The minimum absolute atomic E-state index is 0.0119. The molecule has 0 bridgehead atoms. The number of hydrogen-bond acceptors (Lipinski definition) is 6. The molecule has 1 unspecified atom stereocenters. The quantitative estimate of drug-likeness (QED) is 0.811. The summed E-state index contributed by atoms with van der Waals surface area (Å²) in [5.41, 5.74) is 0. The van der Waals surface area contributed by atoms with Gasteiger partial charge in [0.1, 0.15) is 6.61 Å². The first kappa shape index (κ1) is 14.4. The second-order valence-corrected chi connectivity index (χ2v) is 5.16. The molecule has 1 aromatic rings. The van der Waals surface area contributed by atoms with E-state index >= 15 is 0 Å². The van der Waals surface area contributed by atoms with E-state index in [0.29, 0.717) is 11.5 Å². The third-order valence-corrected chi connectivity index (χ3v) is 3.32. The van der Waals surface area contributed by atoms with Crippen LogP contribution in [0.4, 0.5) is 0 Å². The van der Waals surface area contributed by atoms with Crippen molar-refractivity contribution in [2.75, 3.05) is 13.2 Å². The van der Waals surface area contributed by atoms with Crippen LogP contribution in [0.25, 0.3) is 0 Å². The average Bonchev–Trinajstić information content (AvgIpc) is 3.37. The number of ether oxygens (including phenoxy) is 3. The number of rotatable bonds is 4. The van der Waals surface area contributed by atoms with Gasteiger partial charge in [0.2, 0.25) is 6.10 Å². The molecule has 1 aliphatic heterocycles. The van der Waals surface area contributed by atoms with Gasteiger partial charge in [-0.25, -0.2) is 0 Å². The maximum absolute atomic E-state index is 11.9. The largest absolute Gasteiger partial charge is 0.485 e. The molecule has 1 aliphatic carbocycles. The summed E-state index contributed by atoms with van der Waals surface area (Å²) in [5, 5.41) is 2.14. The summed E-state index contributed by atoms with van der Waals surface area (Å²) >= 11 is 0. The Kier molecular flexibility index (Phi) is 3.95. The second kappa shape index (κ2) is 6.05. The van der Waals surface area contributed by atoms with Crippen LogP contribution in [0.2, 0.25) is 0 Å². The van der Waals surface area contributed by atoms with Crippen LogP contribution in [-0.4, -0.2) is 37.1 Å². The normalized spacial score (nSPS) is 19.2. The summed E-state index contributed by atoms with van der Waals surface area (Å²) in [5.74, 6) is -0.787. The Labute approximate surface area is 126 Å². The Morgan fingerprint density at radius 1 is 1.18 bits per heavy atom. The first-order chi connectivity index (χ1) is 10.6. The summed E-state index contributed by atoms with van der Waals surface area (Å²) in [6.07, 6.45) is 0.677. The van der Waals surface area contributed by atoms with Gasteiger partial charge < -0.3 is 14.2 Å². The van der Waals surface area contributed by atoms with E-state index in [2.05, 4.69) is 5.32 Å². The van der Waals surface area contributed by atoms with E-state index in [4.69, 9.17) is 14.2 Å². The minimum Gasteiger partial charge on any atom is -0.485 e. The Morgan fingerprint density at radius 2 is 1.91 bits per heavy atom. The van der Waals surface area contributed by atoms with Crippen LogP contribution in [0.15, 0.2) is 24.3 Å². The van der Waals surface area contributed by atoms with E-state index in [9.17, 15) is 14.4 Å². The Balaban J connectivity index is 1.47. The molecule has 7 nitrogen and oxygen atoms in total. The van der Waals surface area contributed by atoms with Gasteiger partial charge in [0.15, 0.2) is 18.1 Å². The van der Waals surface area contributed by atoms with Crippen LogP contribution in [0.3, 0.4) is 0 Å². The first-order valence-corrected chi connectivity index (χ1v) is 7.02. The molecule has 1 heterocycles. The molecule has 0 radical (unpaired) electrons. The van der Waals surface area contributed by atoms with E-state index in [1.165, 1.54) is 0 Å². The monoisotopic (exact) mass is 305 g/mol. The molecule has 0 aromatic heterocycles. The summed E-state index contributed by atoms with van der Waals surface area (Å²) in [6.45, 7) is -0.455. The molecule has 116 valence electrons. The van der Waals surface area contributed by atoms with E-state index in [0.717, 1.165) is 12.8 Å². The number of imide groups is 1. The van der Waals surface area contributed by atoms with Crippen molar-refractivity contribution in [3.05, 3.63) is 24.3 Å². The fraction of sp³-hybridized carbons (Fsp3) is 0.400. The summed E-state index contributed by atoms with van der Waals surface area (Å²) in [4.78, 5) is 34.8. The van der Waals surface area contributed by atoms with Crippen molar-refractivity contribution < 1.29 is 28.6 Å². The maximum atomic E-state index is 11.9. The van der Waals surface area contributed by atoms with Gasteiger partial charge in [-0.1, -0.05) is 12.1 Å². The molecule has 1 aromatic carbocycles. The van der Waals surface area contributed by atoms with Crippen molar-refractivity contribution in [2.45, 2.75) is 18.9 Å². The maximum Gasteiger partial charge on any atom is 0.309 e. The molecule has 0 saturated heterocycles. The van der Waals surface area contributed by atoms with E-state index in [1.54, 1.807) is 24.3 Å². The Morgan fingerprint density at radius 3 is 2.64 bits per heavy atom. The molecule has 1 saturated carbocycles. The number of carbonyl (C=O) groups excluding carboxylic acids is 3. The summed E-state index contributed by atoms with van der Waals surface area (Å²) < 4.78 is 15.7. The number of nitrogens with one attached hydrogen (secondary N) is 1. The number of para-hydroxylation sites is 2. The number of benzene rings is 1. The fourth-order valence-electron chi connectivity index (χ4n) is 1.98. The lowest BCUT2D eigenvalue weighted by Crippen LogP contribution is -2.47. The SMILES string of the molecule is O=C(COC(=O)C1CC1)NC(=O)C1COc2ccccc2O1. The van der Waals surface area contributed by atoms with Gasteiger partial charge in [0.25, 0.3) is 11.8 Å². The average molecular weight is 305 g/mol. The second-order valence-electron chi connectivity index (χ2n) is 5.16. The predicted octanol–water partition coefficient (Wildman–Crippen LogP) is 0.422. The van der Waals surface area contributed by atoms with E-state index in [-0.39, 0.29) is 12.5 Å². The van der Waals surface area contributed by atoms with Crippen molar-refractivity contribution in [1.82, 2.24) is 5.32 Å². The van der Waals surface area contributed by atoms with Gasteiger partial charge >= 0.3 is 5.97 Å². The molecule has 1 N–H and O–H groups in total. The third-order valence-electron chi connectivity index (χ3n) is 3.32. The highest BCUT2D eigenvalue weighted by Gasteiger charge is 2.32. The van der Waals surface area contributed by atoms with Gasteiger partial charge in [-0.15, -0.1) is 0 Å². The molecule has 3 rings (SSSR count). The van der Waals surface area contributed by atoms with Crippen molar-refractivity contribution in [2.24, 2.45) is 5.92 Å². The Bertz CT molecular complexity index is 610. The molecule has 22 heavy (non-hydrogen) atoms. The van der Waals surface area contributed by atoms with Crippen molar-refractivity contribution in [3.63, 3.8) is 0 Å². The van der Waals surface area contributed by atoms with Crippen LogP contribution < -0.4 is 14.8 Å². The van der Waals surface area contributed by atoms with Crippen LogP contribution in [0, 0.1) is 5.92 Å². The zero-order chi connectivity index (χ0) is 15.5. The number of fused-ring (bicyclic) bond motifs is 1. The van der Waals surface area contributed by atoms with Gasteiger partial charge in [-0.05, 0) is 25.0 Å². The molecule has 7 heteroatoms. The molecule has 1 fully saturated rings. The fourth-order valence-corrected chi connectivity index (χ4v) is 1.98. The van der Waals surface area contributed by atoms with Crippen molar-refractivity contribution in [3.8, 4) is 11.5 Å². The summed E-state index contributed by atoms with van der Waals surface area (Å²) in [7, 11) is 0. The lowest BCUT2D eigenvalue weighted by molar-refractivity contribution is -0.151. The highest BCUT2D eigenvalue weighted by Crippen LogP contribution is 2.31. The highest BCUT2D eigenvalue weighted by atomic mass is 16.6. The molecular weight excluding hydrogens is 290 g/mol. The number of carbonyl (C=O) groups is 3. The van der Waals surface area contributed by atoms with Gasteiger partial charge in [0, 0.05) is 0 Å². The van der Waals surface area contributed by atoms with Crippen molar-refractivity contribution in [1.29, 1.82) is 0 Å². The zero-order valence-corrected chi connectivity index (χ0v) is 11.7. The standard InChI is InChI=1S/C15H15NO6/c17-13(8-21-15(19)9-5-6-9)16-14(18)12-7-20-10-3-1-2-4-11(10)22-12/h1-4,9,12H,5-8H2,(H,16,17,18). The van der Waals surface area contributed by atoms with Gasteiger partial charge in [-0.2, -0.15) is 0 Å². The smallest absolute Gasteiger partial charge is 0.309 e. The van der Waals surface area contributed by atoms with Crippen molar-refractivity contribution >= 4 is 17.8 Å². The minimum atomic E-state index is -0.919. The predicted molar refractivity (Wildman–Crippen MR) is 73.2 cm³/mol. The lowest BCUT2D eigenvalue weighted by Gasteiger charge is -2.25. The highest BCUT2D eigenvalue weighted by molar-refractivity contribution is 5.98. The van der Waals surface area contributed by atoms with Gasteiger partial charge in [-0.3, -0.25) is 19.7 Å². The first-order valence-electron chi connectivity index (χ1n) is 7.02. The number of amides is 2. The van der Waals surface area contributed by atoms with Crippen LogP contribution in [0.1, 0.15) is 12.8 Å². The van der Waals surface area contributed by atoms with Crippen LogP contribution in [-0.2, 0) is 19.1 Å². The number of esters is 1. The van der Waals surface area contributed by atoms with E-state index < -0.39 is 30.5 Å². The van der Waals surface area contributed by atoms with E-state index in [1.807, 2.05) is 0 Å². The lowest BCUT2D eigenvalue weighted by atomic mass is 10.2.